The predicted octanol–water partition coefficient (Wildman–Crippen LogP) is 4.15. The van der Waals surface area contributed by atoms with Crippen molar-refractivity contribution in [3.05, 3.63) is 53.1 Å². The molecule has 1 saturated heterocycles. The number of rotatable bonds is 7. The number of likely N-dealkylation sites (tertiary alicyclic amines) is 1. The quantitative estimate of drug-likeness (QED) is 0.624. The number of nitrogens with zero attached hydrogens (tertiary/aromatic N) is 1. The molecule has 2 aromatic rings. The van der Waals surface area contributed by atoms with Gasteiger partial charge < -0.3 is 14.2 Å². The van der Waals surface area contributed by atoms with E-state index in [2.05, 4.69) is 4.90 Å². The van der Waals surface area contributed by atoms with Crippen LogP contribution in [0.3, 0.4) is 0 Å². The molecule has 0 bridgehead atoms. The normalized spacial score (nSPS) is 16.7. The first-order valence-electron chi connectivity index (χ1n) is 11.0. The van der Waals surface area contributed by atoms with Crippen LogP contribution in [0.15, 0.2) is 36.4 Å². The number of hydrogen-bond donors (Lipinski definition) is 0. The van der Waals surface area contributed by atoms with E-state index >= 15 is 0 Å². The Bertz CT molecular complexity index is 962. The van der Waals surface area contributed by atoms with Crippen LogP contribution in [-0.4, -0.2) is 49.4 Å². The van der Waals surface area contributed by atoms with Crippen LogP contribution in [0.5, 0.6) is 17.2 Å². The lowest BCUT2D eigenvalue weighted by molar-refractivity contribution is 0.0832. The summed E-state index contributed by atoms with van der Waals surface area (Å²) in [4.78, 5) is 27.2. The van der Waals surface area contributed by atoms with E-state index in [0.717, 1.165) is 37.2 Å². The van der Waals surface area contributed by atoms with Crippen LogP contribution < -0.4 is 14.2 Å². The molecule has 0 atom stereocenters. The standard InChI is InChI=1S/C25H29NO5/c1-3-29-22-6-4-19(17(2)27)14-21(22)16-26-10-8-18(9-11-26)25(28)20-5-7-23-24(15-20)31-13-12-30-23/h4-7,14-15,18H,3,8-13,16H2,1-2H3. The van der Waals surface area contributed by atoms with Crippen LogP contribution in [0, 0.1) is 5.92 Å². The molecule has 6 nitrogen and oxygen atoms in total. The van der Waals surface area contributed by atoms with Gasteiger partial charge in [0.15, 0.2) is 23.1 Å². The zero-order valence-electron chi connectivity index (χ0n) is 18.2. The number of benzene rings is 2. The van der Waals surface area contributed by atoms with E-state index < -0.39 is 0 Å². The van der Waals surface area contributed by atoms with Crippen LogP contribution in [0.4, 0.5) is 0 Å². The van der Waals surface area contributed by atoms with Crippen molar-refractivity contribution in [2.75, 3.05) is 32.9 Å². The summed E-state index contributed by atoms with van der Waals surface area (Å²) in [5.41, 5.74) is 2.41. The lowest BCUT2D eigenvalue weighted by Gasteiger charge is -2.32. The zero-order chi connectivity index (χ0) is 21.8. The van der Waals surface area contributed by atoms with E-state index in [1.54, 1.807) is 6.92 Å². The number of Topliss-reactive ketones (excluding diaryl/α,β-unsaturated/α-hetero) is 2. The maximum absolute atomic E-state index is 13.0. The van der Waals surface area contributed by atoms with Gasteiger partial charge in [-0.1, -0.05) is 0 Å². The van der Waals surface area contributed by atoms with Gasteiger partial charge in [-0.2, -0.15) is 0 Å². The van der Waals surface area contributed by atoms with Gasteiger partial charge in [-0.3, -0.25) is 14.5 Å². The van der Waals surface area contributed by atoms with Crippen LogP contribution in [0.25, 0.3) is 0 Å². The first-order chi connectivity index (χ1) is 15.0. The topological polar surface area (TPSA) is 65.1 Å². The Kier molecular flexibility index (Phi) is 6.56. The van der Waals surface area contributed by atoms with Crippen LogP contribution >= 0.6 is 0 Å². The molecular weight excluding hydrogens is 394 g/mol. The van der Waals surface area contributed by atoms with Crippen LogP contribution in [0.2, 0.25) is 0 Å². The van der Waals surface area contributed by atoms with Crippen LogP contribution in [-0.2, 0) is 6.54 Å². The Morgan fingerprint density at radius 1 is 1.00 bits per heavy atom. The highest BCUT2D eigenvalue weighted by Crippen LogP contribution is 2.33. The molecule has 0 saturated carbocycles. The smallest absolute Gasteiger partial charge is 0.166 e. The number of piperidine rings is 1. The average Bonchev–Trinajstić information content (AvgIpc) is 2.80. The highest BCUT2D eigenvalue weighted by molar-refractivity contribution is 5.98. The minimum Gasteiger partial charge on any atom is -0.494 e. The molecule has 0 unspecified atom stereocenters. The highest BCUT2D eigenvalue weighted by Gasteiger charge is 2.27. The molecule has 0 amide bonds. The molecule has 0 radical (unpaired) electrons. The second-order valence-corrected chi connectivity index (χ2v) is 8.08. The van der Waals surface area contributed by atoms with E-state index in [0.29, 0.717) is 49.0 Å². The molecule has 0 N–H and O–H groups in total. The first-order valence-corrected chi connectivity index (χ1v) is 11.0. The molecule has 2 aliphatic rings. The summed E-state index contributed by atoms with van der Waals surface area (Å²) < 4.78 is 16.9. The molecule has 2 heterocycles. The van der Waals surface area contributed by atoms with Gasteiger partial charge >= 0.3 is 0 Å². The molecule has 0 aromatic heterocycles. The molecule has 0 aliphatic carbocycles. The lowest BCUT2D eigenvalue weighted by atomic mass is 9.88. The zero-order valence-corrected chi connectivity index (χ0v) is 18.2. The number of ketones is 2. The Morgan fingerprint density at radius 3 is 2.42 bits per heavy atom. The molecule has 1 fully saturated rings. The van der Waals surface area contributed by atoms with Crippen molar-refractivity contribution in [1.82, 2.24) is 4.90 Å². The molecule has 31 heavy (non-hydrogen) atoms. The van der Waals surface area contributed by atoms with Gasteiger partial charge in [0.1, 0.15) is 19.0 Å². The molecule has 6 heteroatoms. The van der Waals surface area contributed by atoms with Crippen molar-refractivity contribution in [2.24, 2.45) is 5.92 Å². The fourth-order valence-corrected chi connectivity index (χ4v) is 4.24. The fourth-order valence-electron chi connectivity index (χ4n) is 4.24. The van der Waals surface area contributed by atoms with Crippen LogP contribution in [0.1, 0.15) is 53.0 Å². The summed E-state index contributed by atoms with van der Waals surface area (Å²) in [7, 11) is 0. The number of fused-ring (bicyclic) bond motifs is 1. The minimum absolute atomic E-state index is 0.00808. The van der Waals surface area contributed by atoms with Crippen molar-refractivity contribution in [3.8, 4) is 17.2 Å². The second-order valence-electron chi connectivity index (χ2n) is 8.08. The van der Waals surface area contributed by atoms with Crippen molar-refractivity contribution >= 4 is 11.6 Å². The Labute approximate surface area is 183 Å². The number of carbonyl (C=O) groups is 2. The maximum Gasteiger partial charge on any atom is 0.166 e. The number of ether oxygens (including phenoxy) is 3. The van der Waals surface area contributed by atoms with E-state index in [4.69, 9.17) is 14.2 Å². The van der Waals surface area contributed by atoms with Gasteiger partial charge in [0.25, 0.3) is 0 Å². The Balaban J connectivity index is 1.39. The van der Waals surface area contributed by atoms with Crippen molar-refractivity contribution in [2.45, 2.75) is 33.2 Å². The first kappa shape index (κ1) is 21.4. The van der Waals surface area contributed by atoms with E-state index in [1.807, 2.05) is 43.3 Å². The van der Waals surface area contributed by atoms with E-state index in [1.165, 1.54) is 0 Å². The largest absolute Gasteiger partial charge is 0.494 e. The monoisotopic (exact) mass is 423 g/mol. The summed E-state index contributed by atoms with van der Waals surface area (Å²) >= 11 is 0. The Morgan fingerprint density at radius 2 is 1.71 bits per heavy atom. The fraction of sp³-hybridized carbons (Fsp3) is 0.440. The third kappa shape index (κ3) is 4.90. The summed E-state index contributed by atoms with van der Waals surface area (Å²) in [5, 5.41) is 0. The summed E-state index contributed by atoms with van der Waals surface area (Å²) in [5.74, 6) is 2.41. The highest BCUT2D eigenvalue weighted by atomic mass is 16.6. The maximum atomic E-state index is 13.0. The molecule has 4 rings (SSSR count). The second kappa shape index (κ2) is 9.52. The van der Waals surface area contributed by atoms with Gasteiger partial charge in [0.2, 0.25) is 0 Å². The number of hydrogen-bond acceptors (Lipinski definition) is 6. The van der Waals surface area contributed by atoms with Gasteiger partial charge in [0, 0.05) is 29.2 Å². The summed E-state index contributed by atoms with van der Waals surface area (Å²) in [6.45, 7) is 7.54. The van der Waals surface area contributed by atoms with Gasteiger partial charge in [-0.25, -0.2) is 0 Å². The molecule has 0 spiro atoms. The third-order valence-corrected chi connectivity index (χ3v) is 5.95. The molecular formula is C25H29NO5. The predicted molar refractivity (Wildman–Crippen MR) is 117 cm³/mol. The SMILES string of the molecule is CCOc1ccc(C(C)=O)cc1CN1CCC(C(=O)c2ccc3c(c2)OCCO3)CC1. The molecule has 2 aromatic carbocycles. The Hall–Kier alpha value is -2.86. The van der Waals surface area contributed by atoms with Crippen molar-refractivity contribution in [3.63, 3.8) is 0 Å². The van der Waals surface area contributed by atoms with Gasteiger partial charge in [0.05, 0.1) is 6.61 Å². The number of carbonyl (C=O) groups excluding carboxylic acids is 2. The average molecular weight is 424 g/mol. The third-order valence-electron chi connectivity index (χ3n) is 5.95. The van der Waals surface area contributed by atoms with Gasteiger partial charge in [-0.15, -0.1) is 0 Å². The summed E-state index contributed by atoms with van der Waals surface area (Å²) in [6.07, 6.45) is 1.62. The molecule has 164 valence electrons. The minimum atomic E-state index is 0.00808. The van der Waals surface area contributed by atoms with Gasteiger partial charge in [-0.05, 0) is 76.2 Å². The summed E-state index contributed by atoms with van der Waals surface area (Å²) in [6, 6.07) is 11.1. The lowest BCUT2D eigenvalue weighted by Crippen LogP contribution is -2.36. The van der Waals surface area contributed by atoms with E-state index in [9.17, 15) is 9.59 Å². The van der Waals surface area contributed by atoms with Crippen molar-refractivity contribution < 1.29 is 23.8 Å². The van der Waals surface area contributed by atoms with E-state index in [-0.39, 0.29) is 17.5 Å². The molecule has 2 aliphatic heterocycles. The van der Waals surface area contributed by atoms with Crippen molar-refractivity contribution in [1.29, 1.82) is 0 Å².